The third-order valence-corrected chi connectivity index (χ3v) is 11.1. The Morgan fingerprint density at radius 1 is 1.00 bits per heavy atom. The van der Waals surface area contributed by atoms with Gasteiger partial charge in [0.25, 0.3) is 0 Å². The Morgan fingerprint density at radius 2 is 1.78 bits per heavy atom. The number of fused-ring (bicyclic) bond motifs is 1. The number of carbonyl (C=O) groups is 2. The Morgan fingerprint density at radius 3 is 2.54 bits per heavy atom. The van der Waals surface area contributed by atoms with Crippen LogP contribution in [0.3, 0.4) is 0 Å². The Kier molecular flexibility index (Phi) is 11.5. The minimum Gasteiger partial charge on any atom is -0.481 e. The van der Waals surface area contributed by atoms with E-state index in [-0.39, 0.29) is 23.9 Å². The second kappa shape index (κ2) is 16.5. The first-order chi connectivity index (χ1) is 26.1. The minimum absolute atomic E-state index is 0.0826. The van der Waals surface area contributed by atoms with Crippen LogP contribution in [0.15, 0.2) is 48.7 Å². The van der Waals surface area contributed by atoms with Gasteiger partial charge in [0.05, 0.1) is 31.1 Å². The number of rotatable bonds is 13. The molecule has 0 spiro atoms. The van der Waals surface area contributed by atoms with Crippen LogP contribution in [-0.2, 0) is 29.1 Å². The molecule has 2 aliphatic heterocycles. The number of likely N-dealkylation sites (N-methyl/N-ethyl adjacent to an activating group) is 1. The van der Waals surface area contributed by atoms with Gasteiger partial charge < -0.3 is 30.0 Å². The molecule has 2 aromatic carbocycles. The summed E-state index contributed by atoms with van der Waals surface area (Å²) in [7, 11) is 4.95. The van der Waals surface area contributed by atoms with Crippen LogP contribution in [0, 0.1) is 0 Å². The number of methoxy groups -OCH3 is 2. The van der Waals surface area contributed by atoms with Gasteiger partial charge in [-0.1, -0.05) is 59.6 Å². The van der Waals surface area contributed by atoms with Crippen LogP contribution in [0.2, 0.25) is 10.0 Å². The van der Waals surface area contributed by atoms with Crippen LogP contribution < -0.4 is 24.8 Å². The maximum atomic E-state index is 11.8. The van der Waals surface area contributed by atoms with Crippen LogP contribution in [0.5, 0.6) is 17.6 Å². The topological polar surface area (TPSA) is 151 Å². The number of pyridine rings is 1. The summed E-state index contributed by atoms with van der Waals surface area (Å²) >= 11 is 13.9. The van der Waals surface area contributed by atoms with E-state index in [0.717, 1.165) is 52.6 Å². The zero-order valence-corrected chi connectivity index (χ0v) is 31.9. The third-order valence-electron chi connectivity index (χ3n) is 10.4. The van der Waals surface area contributed by atoms with Gasteiger partial charge >= 0.3 is 5.97 Å². The van der Waals surface area contributed by atoms with Crippen molar-refractivity contribution in [2.75, 3.05) is 47.4 Å². The Hall–Kier alpha value is -4.53. The first-order valence-electron chi connectivity index (χ1n) is 18.0. The molecule has 1 aliphatic carbocycles. The molecule has 3 aliphatic rings. The monoisotopic (exact) mass is 775 g/mol. The molecule has 0 radical (unpaired) electrons. The van der Waals surface area contributed by atoms with Gasteiger partial charge in [-0.25, -0.2) is 4.98 Å². The summed E-state index contributed by atoms with van der Waals surface area (Å²) in [6, 6.07) is 13.3. The van der Waals surface area contributed by atoms with Gasteiger partial charge in [0.2, 0.25) is 23.5 Å². The summed E-state index contributed by atoms with van der Waals surface area (Å²) in [5.41, 5.74) is 6.78. The van der Waals surface area contributed by atoms with E-state index in [9.17, 15) is 14.7 Å². The van der Waals surface area contributed by atoms with E-state index in [2.05, 4.69) is 37.6 Å². The number of carbonyl (C=O) groups excluding carboxylic acids is 1. The summed E-state index contributed by atoms with van der Waals surface area (Å²) in [6.45, 7) is 3.26. The summed E-state index contributed by atoms with van der Waals surface area (Å²) in [5.74, 6) is 0.306. The average Bonchev–Trinajstić information content (AvgIpc) is 3.78. The van der Waals surface area contributed by atoms with E-state index >= 15 is 0 Å². The number of amides is 1. The zero-order valence-electron chi connectivity index (χ0n) is 30.4. The zero-order chi connectivity index (χ0) is 37.9. The summed E-state index contributed by atoms with van der Waals surface area (Å²) in [4.78, 5) is 41.3. The van der Waals surface area contributed by atoms with Crippen molar-refractivity contribution in [2.45, 2.75) is 57.0 Å². The number of hydrogen-bond acceptors (Lipinski definition) is 11. The Bertz CT molecular complexity index is 2050. The molecule has 3 N–H and O–H groups in total. The molecule has 3 atom stereocenters. The minimum atomic E-state index is -0.845. The molecule has 4 aromatic rings. The fraction of sp³-hybridized carbons (Fsp3) is 0.410. The van der Waals surface area contributed by atoms with Gasteiger partial charge in [-0.05, 0) is 49.1 Å². The summed E-state index contributed by atoms with van der Waals surface area (Å²) < 4.78 is 17.8. The van der Waals surface area contributed by atoms with E-state index in [4.69, 9.17) is 42.4 Å². The number of nitrogens with one attached hydrogen (secondary N) is 2. The standard InChI is InChI=1S/C39H43Cl2N7O6/c1-47-14-15-48(21-32(47)39(50)51)20-22-16-29(40)37(46-36(22)52-2)54-33-12-11-25-24(6-4-7-26(25)33)27-8-5-9-28(35(27)41)30-19-43-31(38(45-30)53-3)18-42-17-23-10-13-34(49)44-23/h4-9,16,19,23,32-33,42H,10-15,17-18,20-21H2,1-3H3,(H,44,49)(H,50,51)/t23-,32?,33-/m0/s1. The molecule has 284 valence electrons. The number of halogens is 2. The number of nitrogens with zero attached hydrogens (tertiary/aromatic N) is 5. The lowest BCUT2D eigenvalue weighted by Crippen LogP contribution is -2.54. The predicted octanol–water partition coefficient (Wildman–Crippen LogP) is 5.16. The molecule has 4 heterocycles. The smallest absolute Gasteiger partial charge is 0.322 e. The first-order valence-corrected chi connectivity index (χ1v) is 18.8. The lowest BCUT2D eigenvalue weighted by molar-refractivity contribution is -0.145. The van der Waals surface area contributed by atoms with Gasteiger partial charge in [0, 0.05) is 68.4 Å². The average molecular weight is 777 g/mol. The highest BCUT2D eigenvalue weighted by molar-refractivity contribution is 6.36. The molecular formula is C39H43Cl2N7O6. The van der Waals surface area contributed by atoms with E-state index in [1.54, 1.807) is 26.5 Å². The lowest BCUT2D eigenvalue weighted by atomic mass is 9.95. The number of carboxylic acids is 1. The molecule has 54 heavy (non-hydrogen) atoms. The van der Waals surface area contributed by atoms with Crippen molar-refractivity contribution < 1.29 is 28.9 Å². The summed E-state index contributed by atoms with van der Waals surface area (Å²) in [5, 5.41) is 16.9. The van der Waals surface area contributed by atoms with Crippen LogP contribution in [0.4, 0.5) is 0 Å². The van der Waals surface area contributed by atoms with Crippen molar-refractivity contribution in [2.24, 2.45) is 0 Å². The van der Waals surface area contributed by atoms with Gasteiger partial charge in [0.1, 0.15) is 22.9 Å². The molecule has 15 heteroatoms. The molecule has 7 rings (SSSR count). The highest BCUT2D eigenvalue weighted by atomic mass is 35.5. The molecule has 2 fully saturated rings. The highest BCUT2D eigenvalue weighted by Crippen LogP contribution is 2.44. The van der Waals surface area contributed by atoms with Crippen molar-refractivity contribution >= 4 is 35.1 Å². The van der Waals surface area contributed by atoms with Crippen LogP contribution in [0.1, 0.15) is 47.8 Å². The van der Waals surface area contributed by atoms with E-state index in [1.807, 2.05) is 36.2 Å². The fourth-order valence-electron chi connectivity index (χ4n) is 7.52. The number of benzene rings is 2. The SMILES string of the molecule is COc1nc(O[C@H]2CCc3c(-c4cccc(-c5cnc(CNC[C@@H]6CCC(=O)N6)c(OC)n5)c4Cl)cccc32)c(Cl)cc1CN1CCN(C)C(C(=O)O)C1. The predicted molar refractivity (Wildman–Crippen MR) is 204 cm³/mol. The quantitative estimate of drug-likeness (QED) is 0.165. The van der Waals surface area contributed by atoms with Gasteiger partial charge in [-0.15, -0.1) is 0 Å². The maximum Gasteiger partial charge on any atom is 0.322 e. The molecule has 0 bridgehead atoms. The second-order valence-electron chi connectivity index (χ2n) is 13.8. The van der Waals surface area contributed by atoms with Gasteiger partial charge in [0.15, 0.2) is 0 Å². The highest BCUT2D eigenvalue weighted by Gasteiger charge is 2.32. The molecule has 0 saturated carbocycles. The van der Waals surface area contributed by atoms with E-state index in [0.29, 0.717) is 78.9 Å². The first kappa shape index (κ1) is 37.8. The fourth-order valence-corrected chi connectivity index (χ4v) is 8.06. The number of ether oxygens (including phenoxy) is 3. The second-order valence-corrected chi connectivity index (χ2v) is 14.6. The van der Waals surface area contributed by atoms with Crippen LogP contribution >= 0.6 is 23.2 Å². The number of hydrogen-bond donors (Lipinski definition) is 3. The van der Waals surface area contributed by atoms with Crippen LogP contribution in [0.25, 0.3) is 22.4 Å². The van der Waals surface area contributed by atoms with Crippen molar-refractivity contribution in [1.82, 2.24) is 35.4 Å². The van der Waals surface area contributed by atoms with Crippen molar-refractivity contribution in [3.8, 4) is 40.0 Å². The normalized spacial score (nSPS) is 20.1. The molecule has 13 nitrogen and oxygen atoms in total. The van der Waals surface area contributed by atoms with E-state index in [1.165, 1.54) is 0 Å². The molecular weight excluding hydrogens is 733 g/mol. The lowest BCUT2D eigenvalue weighted by Gasteiger charge is -2.37. The largest absolute Gasteiger partial charge is 0.481 e. The van der Waals surface area contributed by atoms with Crippen molar-refractivity contribution in [3.05, 3.63) is 81.1 Å². The number of piperazine rings is 1. The van der Waals surface area contributed by atoms with Gasteiger partial charge in [-0.3, -0.25) is 24.4 Å². The Balaban J connectivity index is 1.08. The van der Waals surface area contributed by atoms with E-state index < -0.39 is 12.0 Å². The molecule has 1 amide bonds. The molecule has 1 unspecified atom stereocenters. The third kappa shape index (κ3) is 7.96. The number of aromatic nitrogens is 3. The number of carboxylic acid groups (broad SMARTS) is 1. The van der Waals surface area contributed by atoms with Crippen LogP contribution in [-0.4, -0.2) is 101 Å². The summed E-state index contributed by atoms with van der Waals surface area (Å²) in [6.07, 6.45) is 4.26. The van der Waals surface area contributed by atoms with Crippen molar-refractivity contribution in [3.63, 3.8) is 0 Å². The maximum absolute atomic E-state index is 11.8. The Labute approximate surface area is 323 Å². The molecule has 2 aromatic heterocycles. The van der Waals surface area contributed by atoms with Gasteiger partial charge in [-0.2, -0.15) is 4.98 Å². The molecule has 2 saturated heterocycles. The van der Waals surface area contributed by atoms with Crippen molar-refractivity contribution in [1.29, 1.82) is 0 Å². The number of aliphatic carboxylic acids is 1.